The SMILES string of the molecule is CCCC(=O)COCC1C=CC=C1CC. The quantitative estimate of drug-likeness (QED) is 0.643. The van der Waals surface area contributed by atoms with Crippen LogP contribution in [0.5, 0.6) is 0 Å². The third-order valence-electron chi connectivity index (χ3n) is 2.63. The lowest BCUT2D eigenvalue weighted by Gasteiger charge is -2.12. The second-order valence-corrected chi connectivity index (χ2v) is 3.89. The first kappa shape index (κ1) is 12.2. The van der Waals surface area contributed by atoms with Gasteiger partial charge in [-0.3, -0.25) is 4.79 Å². The Morgan fingerprint density at radius 2 is 2.27 bits per heavy atom. The molecule has 0 saturated heterocycles. The molecule has 0 bridgehead atoms. The zero-order valence-corrected chi connectivity index (χ0v) is 9.66. The standard InChI is InChI=1S/C13H20O2/c1-3-6-13(14)10-15-9-12-8-5-7-11(12)4-2/h5,7-8,12H,3-4,6,9-10H2,1-2H3. The summed E-state index contributed by atoms with van der Waals surface area (Å²) in [5.41, 5.74) is 1.40. The summed E-state index contributed by atoms with van der Waals surface area (Å²) >= 11 is 0. The van der Waals surface area contributed by atoms with E-state index in [-0.39, 0.29) is 12.4 Å². The van der Waals surface area contributed by atoms with Crippen molar-refractivity contribution in [2.75, 3.05) is 13.2 Å². The number of rotatable bonds is 7. The summed E-state index contributed by atoms with van der Waals surface area (Å²) in [6, 6.07) is 0. The van der Waals surface area contributed by atoms with Crippen molar-refractivity contribution in [3.63, 3.8) is 0 Å². The van der Waals surface area contributed by atoms with Crippen molar-refractivity contribution < 1.29 is 9.53 Å². The minimum absolute atomic E-state index is 0.210. The highest BCUT2D eigenvalue weighted by Gasteiger charge is 2.13. The van der Waals surface area contributed by atoms with Gasteiger partial charge in [-0.1, -0.05) is 37.6 Å². The van der Waals surface area contributed by atoms with Crippen LogP contribution in [0.2, 0.25) is 0 Å². The van der Waals surface area contributed by atoms with Crippen molar-refractivity contribution >= 4 is 5.78 Å². The lowest BCUT2D eigenvalue weighted by molar-refractivity contribution is -0.123. The molecule has 0 fully saturated rings. The van der Waals surface area contributed by atoms with Crippen LogP contribution in [0.3, 0.4) is 0 Å². The van der Waals surface area contributed by atoms with Gasteiger partial charge in [0.15, 0.2) is 5.78 Å². The molecule has 0 spiro atoms. The number of carbonyl (C=O) groups excluding carboxylic acids is 1. The molecule has 1 aliphatic carbocycles. The van der Waals surface area contributed by atoms with Gasteiger partial charge in [0, 0.05) is 12.3 Å². The summed E-state index contributed by atoms with van der Waals surface area (Å²) in [4.78, 5) is 11.2. The van der Waals surface area contributed by atoms with Crippen LogP contribution in [0.25, 0.3) is 0 Å². The molecule has 0 N–H and O–H groups in total. The molecule has 0 heterocycles. The topological polar surface area (TPSA) is 26.3 Å². The van der Waals surface area contributed by atoms with Gasteiger partial charge in [-0.05, 0) is 12.8 Å². The van der Waals surface area contributed by atoms with E-state index in [1.54, 1.807) is 0 Å². The van der Waals surface area contributed by atoms with Crippen LogP contribution in [-0.2, 0) is 9.53 Å². The summed E-state index contributed by atoms with van der Waals surface area (Å²) in [7, 11) is 0. The molecule has 1 rings (SSSR count). The van der Waals surface area contributed by atoms with E-state index in [4.69, 9.17) is 4.74 Å². The van der Waals surface area contributed by atoms with Crippen LogP contribution in [0, 0.1) is 5.92 Å². The monoisotopic (exact) mass is 208 g/mol. The van der Waals surface area contributed by atoms with E-state index < -0.39 is 0 Å². The van der Waals surface area contributed by atoms with Crippen molar-refractivity contribution in [3.8, 4) is 0 Å². The number of carbonyl (C=O) groups is 1. The molecule has 2 heteroatoms. The number of ketones is 1. The minimum Gasteiger partial charge on any atom is -0.373 e. The largest absolute Gasteiger partial charge is 0.373 e. The summed E-state index contributed by atoms with van der Waals surface area (Å²) in [5.74, 6) is 0.603. The molecule has 1 atom stereocenters. The van der Waals surface area contributed by atoms with E-state index in [1.807, 2.05) is 6.92 Å². The minimum atomic E-state index is 0.210. The lowest BCUT2D eigenvalue weighted by atomic mass is 10.0. The van der Waals surface area contributed by atoms with Crippen LogP contribution in [0.1, 0.15) is 33.1 Å². The molecule has 0 aliphatic heterocycles. The Hall–Kier alpha value is -0.890. The Kier molecular flexibility index (Phi) is 5.33. The smallest absolute Gasteiger partial charge is 0.158 e. The molecule has 0 saturated carbocycles. The normalized spacial score (nSPS) is 19.3. The van der Waals surface area contributed by atoms with Crippen molar-refractivity contribution in [1.82, 2.24) is 0 Å². The van der Waals surface area contributed by atoms with Gasteiger partial charge >= 0.3 is 0 Å². The van der Waals surface area contributed by atoms with Crippen molar-refractivity contribution in [3.05, 3.63) is 23.8 Å². The van der Waals surface area contributed by atoms with E-state index in [2.05, 4.69) is 25.2 Å². The highest BCUT2D eigenvalue weighted by atomic mass is 16.5. The summed E-state index contributed by atoms with van der Waals surface area (Å²) < 4.78 is 5.42. The van der Waals surface area contributed by atoms with Crippen LogP contribution < -0.4 is 0 Å². The highest BCUT2D eigenvalue weighted by molar-refractivity contribution is 5.79. The number of ether oxygens (including phenoxy) is 1. The predicted octanol–water partition coefficient (Wildman–Crippen LogP) is 2.89. The van der Waals surface area contributed by atoms with Crippen molar-refractivity contribution in [2.24, 2.45) is 5.92 Å². The van der Waals surface area contributed by atoms with Gasteiger partial charge in [0.1, 0.15) is 6.61 Å². The fourth-order valence-electron chi connectivity index (χ4n) is 1.75. The van der Waals surface area contributed by atoms with Crippen LogP contribution in [0.15, 0.2) is 23.8 Å². The second-order valence-electron chi connectivity index (χ2n) is 3.89. The molecule has 1 aliphatic rings. The third-order valence-corrected chi connectivity index (χ3v) is 2.63. The Labute approximate surface area is 92.0 Å². The van der Waals surface area contributed by atoms with Crippen LogP contribution in [-0.4, -0.2) is 19.0 Å². The van der Waals surface area contributed by atoms with Gasteiger partial charge in [-0.25, -0.2) is 0 Å². The second kappa shape index (κ2) is 6.57. The number of hydrogen-bond donors (Lipinski definition) is 0. The molecule has 0 aromatic rings. The highest BCUT2D eigenvalue weighted by Crippen LogP contribution is 2.22. The van der Waals surface area contributed by atoms with E-state index in [0.29, 0.717) is 18.9 Å². The first-order valence-corrected chi connectivity index (χ1v) is 5.74. The molecular weight excluding hydrogens is 188 g/mol. The molecule has 84 valence electrons. The molecule has 15 heavy (non-hydrogen) atoms. The van der Waals surface area contributed by atoms with Crippen molar-refractivity contribution in [2.45, 2.75) is 33.1 Å². The zero-order valence-electron chi connectivity index (χ0n) is 9.66. The average molecular weight is 208 g/mol. The fraction of sp³-hybridized carbons (Fsp3) is 0.615. The maximum atomic E-state index is 11.2. The predicted molar refractivity (Wildman–Crippen MR) is 61.7 cm³/mol. The lowest BCUT2D eigenvalue weighted by Crippen LogP contribution is -2.14. The Balaban J connectivity index is 2.18. The molecule has 0 aromatic carbocycles. The van der Waals surface area contributed by atoms with Gasteiger partial charge < -0.3 is 4.74 Å². The Morgan fingerprint density at radius 1 is 1.47 bits per heavy atom. The Morgan fingerprint density at radius 3 is 2.93 bits per heavy atom. The van der Waals surface area contributed by atoms with Gasteiger partial charge in [0.05, 0.1) is 6.61 Å². The van der Waals surface area contributed by atoms with E-state index in [0.717, 1.165) is 12.8 Å². The summed E-state index contributed by atoms with van der Waals surface area (Å²) in [6.45, 7) is 5.07. The molecule has 0 aromatic heterocycles. The maximum Gasteiger partial charge on any atom is 0.158 e. The van der Waals surface area contributed by atoms with Gasteiger partial charge in [-0.2, -0.15) is 0 Å². The Bertz CT molecular complexity index is 264. The first-order valence-electron chi connectivity index (χ1n) is 5.74. The number of Topliss-reactive ketones (excluding diaryl/α,β-unsaturated/α-hetero) is 1. The fourth-order valence-corrected chi connectivity index (χ4v) is 1.75. The summed E-state index contributed by atoms with van der Waals surface area (Å²) in [5, 5.41) is 0. The first-order chi connectivity index (χ1) is 7.27. The molecule has 0 amide bonds. The number of hydrogen-bond acceptors (Lipinski definition) is 2. The average Bonchev–Trinajstić information content (AvgIpc) is 2.66. The van der Waals surface area contributed by atoms with Gasteiger partial charge in [0.25, 0.3) is 0 Å². The van der Waals surface area contributed by atoms with E-state index in [9.17, 15) is 4.79 Å². The number of allylic oxidation sites excluding steroid dienone is 2. The van der Waals surface area contributed by atoms with E-state index >= 15 is 0 Å². The molecular formula is C13H20O2. The van der Waals surface area contributed by atoms with Gasteiger partial charge in [0.2, 0.25) is 0 Å². The molecule has 0 radical (unpaired) electrons. The van der Waals surface area contributed by atoms with Crippen LogP contribution in [0.4, 0.5) is 0 Å². The molecule has 2 nitrogen and oxygen atoms in total. The van der Waals surface area contributed by atoms with E-state index in [1.165, 1.54) is 5.57 Å². The maximum absolute atomic E-state index is 11.2. The van der Waals surface area contributed by atoms with Crippen molar-refractivity contribution in [1.29, 1.82) is 0 Å². The third kappa shape index (κ3) is 4.00. The van der Waals surface area contributed by atoms with Gasteiger partial charge in [-0.15, -0.1) is 0 Å². The van der Waals surface area contributed by atoms with Crippen LogP contribution >= 0.6 is 0 Å². The zero-order chi connectivity index (χ0) is 11.1. The summed E-state index contributed by atoms with van der Waals surface area (Å²) in [6.07, 6.45) is 8.96. The molecule has 1 unspecified atom stereocenters.